The number of hydrogen-bond acceptors (Lipinski definition) is 2. The Hall–Kier alpha value is -1.35. The summed E-state index contributed by atoms with van der Waals surface area (Å²) in [6.45, 7) is 1.39. The monoisotopic (exact) mass is 191 g/mol. The van der Waals surface area contributed by atoms with Crippen LogP contribution in [0.3, 0.4) is 0 Å². The van der Waals surface area contributed by atoms with Crippen molar-refractivity contribution >= 4 is 5.91 Å². The van der Waals surface area contributed by atoms with E-state index in [0.717, 1.165) is 13.0 Å². The first-order valence-corrected chi connectivity index (χ1v) is 4.80. The number of hydrogen-bond donors (Lipinski definition) is 1. The molecule has 1 amide bonds. The minimum absolute atomic E-state index is 0.0129. The molecular formula is C11H13NO2. The molecule has 1 aliphatic rings. The van der Waals surface area contributed by atoms with Crippen molar-refractivity contribution in [3.05, 3.63) is 35.9 Å². The second-order valence-electron chi connectivity index (χ2n) is 3.40. The fraction of sp³-hybridized carbons (Fsp3) is 0.364. The van der Waals surface area contributed by atoms with E-state index in [9.17, 15) is 4.79 Å². The van der Waals surface area contributed by atoms with Crippen LogP contribution in [0.4, 0.5) is 0 Å². The van der Waals surface area contributed by atoms with E-state index in [2.05, 4.69) is 5.32 Å². The Labute approximate surface area is 83.1 Å². The Kier molecular flexibility index (Phi) is 2.79. The molecule has 1 saturated heterocycles. The Morgan fingerprint density at radius 3 is 2.79 bits per heavy atom. The zero-order chi connectivity index (χ0) is 9.80. The summed E-state index contributed by atoms with van der Waals surface area (Å²) in [5, 5.41) is 2.93. The van der Waals surface area contributed by atoms with Crippen LogP contribution in [0.25, 0.3) is 0 Å². The standard InChI is InChI=1S/C11H13NO2/c13-11(9-4-2-1-3-5-9)12-10-6-7-14-8-10/h1-5,10H,6-8H2,(H,12,13)/t10-/m1/s1. The zero-order valence-corrected chi connectivity index (χ0v) is 7.90. The van der Waals surface area contributed by atoms with Gasteiger partial charge in [-0.15, -0.1) is 0 Å². The molecule has 2 rings (SSSR count). The van der Waals surface area contributed by atoms with Crippen LogP contribution in [0.15, 0.2) is 30.3 Å². The quantitative estimate of drug-likeness (QED) is 0.763. The molecule has 0 spiro atoms. The Bertz CT molecular complexity index is 304. The molecule has 0 aromatic heterocycles. The first-order chi connectivity index (χ1) is 6.86. The normalized spacial score (nSPS) is 20.7. The van der Waals surface area contributed by atoms with Crippen molar-refractivity contribution < 1.29 is 9.53 Å². The molecule has 0 radical (unpaired) electrons. The summed E-state index contributed by atoms with van der Waals surface area (Å²) < 4.78 is 5.18. The molecule has 0 aliphatic carbocycles. The minimum Gasteiger partial charge on any atom is -0.379 e. The van der Waals surface area contributed by atoms with Gasteiger partial charge < -0.3 is 10.1 Å². The van der Waals surface area contributed by atoms with Gasteiger partial charge in [-0.1, -0.05) is 18.2 Å². The molecule has 14 heavy (non-hydrogen) atoms. The summed E-state index contributed by atoms with van der Waals surface area (Å²) in [5.41, 5.74) is 0.708. The van der Waals surface area contributed by atoms with Gasteiger partial charge in [0.2, 0.25) is 0 Å². The Morgan fingerprint density at radius 2 is 2.14 bits per heavy atom. The second kappa shape index (κ2) is 4.24. The van der Waals surface area contributed by atoms with Crippen molar-refractivity contribution in [2.75, 3.05) is 13.2 Å². The molecule has 1 N–H and O–H groups in total. The fourth-order valence-corrected chi connectivity index (χ4v) is 1.51. The molecule has 1 atom stereocenters. The van der Waals surface area contributed by atoms with Gasteiger partial charge in [0.15, 0.2) is 0 Å². The van der Waals surface area contributed by atoms with E-state index in [1.54, 1.807) is 0 Å². The largest absolute Gasteiger partial charge is 0.379 e. The van der Waals surface area contributed by atoms with Gasteiger partial charge in [-0.2, -0.15) is 0 Å². The highest BCUT2D eigenvalue weighted by atomic mass is 16.5. The van der Waals surface area contributed by atoms with Crippen LogP contribution in [0.5, 0.6) is 0 Å². The van der Waals surface area contributed by atoms with Crippen molar-refractivity contribution in [1.29, 1.82) is 0 Å². The van der Waals surface area contributed by atoms with Gasteiger partial charge in [-0.25, -0.2) is 0 Å². The number of rotatable bonds is 2. The third kappa shape index (κ3) is 2.12. The van der Waals surface area contributed by atoms with Gasteiger partial charge in [0.1, 0.15) is 0 Å². The van der Waals surface area contributed by atoms with Crippen LogP contribution in [-0.2, 0) is 4.74 Å². The summed E-state index contributed by atoms with van der Waals surface area (Å²) in [6.07, 6.45) is 0.915. The van der Waals surface area contributed by atoms with Crippen LogP contribution >= 0.6 is 0 Å². The van der Waals surface area contributed by atoms with E-state index in [1.807, 2.05) is 30.3 Å². The van der Waals surface area contributed by atoms with Crippen LogP contribution in [0.1, 0.15) is 16.8 Å². The summed E-state index contributed by atoms with van der Waals surface area (Å²) in [4.78, 5) is 11.6. The maximum absolute atomic E-state index is 11.6. The molecule has 3 heteroatoms. The van der Waals surface area contributed by atoms with Crippen molar-refractivity contribution in [2.45, 2.75) is 12.5 Å². The number of carbonyl (C=O) groups excluding carboxylic acids is 1. The maximum atomic E-state index is 11.6. The third-order valence-electron chi connectivity index (χ3n) is 2.30. The molecule has 1 heterocycles. The molecule has 1 fully saturated rings. The first-order valence-electron chi connectivity index (χ1n) is 4.80. The predicted octanol–water partition coefficient (Wildman–Crippen LogP) is 1.21. The predicted molar refractivity (Wildman–Crippen MR) is 53.1 cm³/mol. The summed E-state index contributed by atoms with van der Waals surface area (Å²) >= 11 is 0. The fourth-order valence-electron chi connectivity index (χ4n) is 1.51. The van der Waals surface area contributed by atoms with Gasteiger partial charge in [0.25, 0.3) is 5.91 Å². The van der Waals surface area contributed by atoms with E-state index in [-0.39, 0.29) is 11.9 Å². The molecular weight excluding hydrogens is 178 g/mol. The van der Waals surface area contributed by atoms with Crippen LogP contribution in [0.2, 0.25) is 0 Å². The van der Waals surface area contributed by atoms with Gasteiger partial charge in [-0.05, 0) is 18.6 Å². The number of ether oxygens (including phenoxy) is 1. The molecule has 0 bridgehead atoms. The summed E-state index contributed by atoms with van der Waals surface area (Å²) in [7, 11) is 0. The Morgan fingerprint density at radius 1 is 1.36 bits per heavy atom. The smallest absolute Gasteiger partial charge is 0.251 e. The van der Waals surface area contributed by atoms with Gasteiger partial charge >= 0.3 is 0 Å². The molecule has 1 aliphatic heterocycles. The van der Waals surface area contributed by atoms with Crippen molar-refractivity contribution in [3.8, 4) is 0 Å². The molecule has 74 valence electrons. The number of nitrogens with one attached hydrogen (secondary N) is 1. The average Bonchev–Trinajstić information content (AvgIpc) is 2.72. The van der Waals surface area contributed by atoms with Crippen molar-refractivity contribution in [2.24, 2.45) is 0 Å². The lowest BCUT2D eigenvalue weighted by molar-refractivity contribution is 0.0930. The van der Waals surface area contributed by atoms with E-state index >= 15 is 0 Å². The van der Waals surface area contributed by atoms with Crippen LogP contribution in [-0.4, -0.2) is 25.2 Å². The minimum atomic E-state index is -0.0129. The summed E-state index contributed by atoms with van der Waals surface area (Å²) in [5.74, 6) is -0.0129. The van der Waals surface area contributed by atoms with Gasteiger partial charge in [0.05, 0.1) is 12.6 Å². The Balaban J connectivity index is 1.95. The first kappa shape index (κ1) is 9.21. The zero-order valence-electron chi connectivity index (χ0n) is 7.90. The van der Waals surface area contributed by atoms with E-state index in [4.69, 9.17) is 4.74 Å². The highest BCUT2D eigenvalue weighted by molar-refractivity contribution is 5.94. The highest BCUT2D eigenvalue weighted by Crippen LogP contribution is 2.05. The van der Waals surface area contributed by atoms with Crippen molar-refractivity contribution in [1.82, 2.24) is 5.32 Å². The number of amides is 1. The van der Waals surface area contributed by atoms with E-state index < -0.39 is 0 Å². The van der Waals surface area contributed by atoms with Crippen LogP contribution in [0, 0.1) is 0 Å². The number of carbonyl (C=O) groups is 1. The molecule has 0 saturated carbocycles. The molecule has 1 aromatic rings. The lowest BCUT2D eigenvalue weighted by Crippen LogP contribution is -2.34. The van der Waals surface area contributed by atoms with Crippen molar-refractivity contribution in [3.63, 3.8) is 0 Å². The SMILES string of the molecule is O=C(N[C@@H]1CCOC1)c1ccccc1. The lowest BCUT2D eigenvalue weighted by atomic mass is 10.2. The topological polar surface area (TPSA) is 38.3 Å². The van der Waals surface area contributed by atoms with Crippen LogP contribution < -0.4 is 5.32 Å². The molecule has 3 nitrogen and oxygen atoms in total. The molecule has 0 unspecified atom stereocenters. The van der Waals surface area contributed by atoms with Gasteiger partial charge in [0, 0.05) is 12.2 Å². The van der Waals surface area contributed by atoms with E-state index in [0.29, 0.717) is 12.2 Å². The van der Waals surface area contributed by atoms with Gasteiger partial charge in [-0.3, -0.25) is 4.79 Å². The number of benzene rings is 1. The van der Waals surface area contributed by atoms with E-state index in [1.165, 1.54) is 0 Å². The molecule has 1 aromatic carbocycles. The third-order valence-corrected chi connectivity index (χ3v) is 2.30. The highest BCUT2D eigenvalue weighted by Gasteiger charge is 2.17. The second-order valence-corrected chi connectivity index (χ2v) is 3.40. The lowest BCUT2D eigenvalue weighted by Gasteiger charge is -2.09. The average molecular weight is 191 g/mol. The summed E-state index contributed by atoms with van der Waals surface area (Å²) in [6, 6.07) is 9.42. The maximum Gasteiger partial charge on any atom is 0.251 e.